The van der Waals surface area contributed by atoms with Gasteiger partial charge in [-0.3, -0.25) is 9.69 Å². The monoisotopic (exact) mass is 385 g/mol. The fourth-order valence-electron chi connectivity index (χ4n) is 4.26. The number of hydrogen-bond donors (Lipinski definition) is 2. The average Bonchev–Trinajstić information content (AvgIpc) is 3.35. The Morgan fingerprint density at radius 3 is 2.50 bits per heavy atom. The molecule has 6 heteroatoms. The summed E-state index contributed by atoms with van der Waals surface area (Å²) in [5.41, 5.74) is 1.76. The summed E-state index contributed by atoms with van der Waals surface area (Å²) in [5, 5.41) is 13.9. The minimum Gasteiger partial charge on any atom is -0.465 e. The number of hydrogen-bond acceptors (Lipinski definition) is 2. The van der Waals surface area contributed by atoms with E-state index < -0.39 is 6.09 Å². The molecule has 1 aliphatic rings. The molecular weight excluding hydrogens is 354 g/mol. The van der Waals surface area contributed by atoms with E-state index in [-0.39, 0.29) is 16.9 Å². The normalized spacial score (nSPS) is 15.4. The van der Waals surface area contributed by atoms with E-state index in [1.54, 1.807) is 4.90 Å². The highest BCUT2D eigenvalue weighted by atomic mass is 16.4. The average molecular weight is 386 g/mol. The molecule has 1 saturated carbocycles. The first-order valence-electron chi connectivity index (χ1n) is 9.97. The standard InChI is InChI=1S/C22H31N3O3/c1-16(26)23-12-7-13-24-14-17(18-8-5-6-9-19(18)24)15-25(20(27)28)22(10-11-22)21(2,3)4/h5-6,8-9,14H,7,10-13,15H2,1-4H3,(H,23,26)(H,27,28). The van der Waals surface area contributed by atoms with Gasteiger partial charge < -0.3 is 15.0 Å². The van der Waals surface area contributed by atoms with Crippen LogP contribution < -0.4 is 5.32 Å². The number of para-hydroxylation sites is 1. The Hall–Kier alpha value is -2.50. The number of nitrogens with one attached hydrogen (secondary N) is 1. The summed E-state index contributed by atoms with van der Waals surface area (Å²) in [5.74, 6) is -0.0212. The third-order valence-electron chi connectivity index (χ3n) is 6.02. The smallest absolute Gasteiger partial charge is 0.408 e. The Labute approximate surface area is 166 Å². The van der Waals surface area contributed by atoms with Crippen LogP contribution in [-0.4, -0.2) is 38.7 Å². The molecule has 152 valence electrons. The van der Waals surface area contributed by atoms with Gasteiger partial charge >= 0.3 is 6.09 Å². The van der Waals surface area contributed by atoms with Gasteiger partial charge in [-0.2, -0.15) is 0 Å². The van der Waals surface area contributed by atoms with Crippen molar-refractivity contribution in [3.8, 4) is 0 Å². The summed E-state index contributed by atoms with van der Waals surface area (Å²) in [4.78, 5) is 24.8. The molecule has 1 heterocycles. The van der Waals surface area contributed by atoms with Gasteiger partial charge in [0.1, 0.15) is 0 Å². The summed E-state index contributed by atoms with van der Waals surface area (Å²) in [7, 11) is 0. The van der Waals surface area contributed by atoms with Crippen LogP contribution in [-0.2, 0) is 17.9 Å². The van der Waals surface area contributed by atoms with E-state index in [2.05, 4.69) is 49.0 Å². The molecule has 2 aromatic rings. The van der Waals surface area contributed by atoms with Crippen molar-refractivity contribution >= 4 is 22.9 Å². The van der Waals surface area contributed by atoms with Gasteiger partial charge in [0.05, 0.1) is 12.1 Å². The molecule has 1 aliphatic carbocycles. The highest BCUT2D eigenvalue weighted by Gasteiger charge is 2.58. The van der Waals surface area contributed by atoms with Crippen LogP contribution in [0.15, 0.2) is 30.5 Å². The summed E-state index contributed by atoms with van der Waals surface area (Å²) < 4.78 is 2.17. The van der Waals surface area contributed by atoms with Gasteiger partial charge in [0.15, 0.2) is 0 Å². The van der Waals surface area contributed by atoms with Crippen molar-refractivity contribution in [2.24, 2.45) is 5.41 Å². The molecule has 1 aromatic heterocycles. The Bertz CT molecular complexity index is 875. The molecule has 2 N–H and O–H groups in total. The van der Waals surface area contributed by atoms with Crippen molar-refractivity contribution in [2.75, 3.05) is 6.54 Å². The number of carbonyl (C=O) groups is 2. The number of rotatable bonds is 7. The Morgan fingerprint density at radius 1 is 1.25 bits per heavy atom. The largest absolute Gasteiger partial charge is 0.465 e. The second-order valence-corrected chi connectivity index (χ2v) is 8.85. The molecule has 2 amide bonds. The van der Waals surface area contributed by atoms with Crippen LogP contribution in [0.3, 0.4) is 0 Å². The number of carboxylic acid groups (broad SMARTS) is 1. The number of benzene rings is 1. The minimum atomic E-state index is -0.852. The molecule has 0 spiro atoms. The van der Waals surface area contributed by atoms with E-state index in [0.29, 0.717) is 13.1 Å². The van der Waals surface area contributed by atoms with Gasteiger partial charge in [0.25, 0.3) is 0 Å². The quantitative estimate of drug-likeness (QED) is 0.701. The van der Waals surface area contributed by atoms with Crippen molar-refractivity contribution in [1.29, 1.82) is 0 Å². The van der Waals surface area contributed by atoms with E-state index in [0.717, 1.165) is 42.3 Å². The Balaban J connectivity index is 1.86. The van der Waals surface area contributed by atoms with Crippen LogP contribution in [0.5, 0.6) is 0 Å². The number of aromatic nitrogens is 1. The molecule has 0 unspecified atom stereocenters. The second-order valence-electron chi connectivity index (χ2n) is 8.85. The van der Waals surface area contributed by atoms with Crippen LogP contribution >= 0.6 is 0 Å². The first-order chi connectivity index (χ1) is 13.2. The van der Waals surface area contributed by atoms with E-state index in [1.807, 2.05) is 12.1 Å². The second kappa shape index (κ2) is 7.49. The van der Waals surface area contributed by atoms with Crippen LogP contribution in [0.2, 0.25) is 0 Å². The molecule has 0 radical (unpaired) electrons. The van der Waals surface area contributed by atoms with E-state index in [1.165, 1.54) is 6.92 Å². The minimum absolute atomic E-state index is 0.0212. The fourth-order valence-corrected chi connectivity index (χ4v) is 4.26. The van der Waals surface area contributed by atoms with E-state index in [4.69, 9.17) is 0 Å². The number of carbonyl (C=O) groups excluding carboxylic acids is 1. The number of aryl methyl sites for hydroxylation is 1. The van der Waals surface area contributed by atoms with E-state index in [9.17, 15) is 14.7 Å². The highest BCUT2D eigenvalue weighted by molar-refractivity contribution is 5.84. The Morgan fingerprint density at radius 2 is 1.93 bits per heavy atom. The highest BCUT2D eigenvalue weighted by Crippen LogP contribution is 2.54. The maximum atomic E-state index is 12.1. The van der Waals surface area contributed by atoms with Gasteiger partial charge in [0.2, 0.25) is 5.91 Å². The van der Waals surface area contributed by atoms with Crippen molar-refractivity contribution < 1.29 is 14.7 Å². The topological polar surface area (TPSA) is 74.6 Å². The lowest BCUT2D eigenvalue weighted by molar-refractivity contribution is -0.118. The van der Waals surface area contributed by atoms with E-state index >= 15 is 0 Å². The maximum absolute atomic E-state index is 12.1. The Kier molecular flexibility index (Phi) is 5.41. The van der Waals surface area contributed by atoms with Gasteiger partial charge in [-0.25, -0.2) is 4.79 Å². The third kappa shape index (κ3) is 3.86. The molecular formula is C22H31N3O3. The lowest BCUT2D eigenvalue weighted by atomic mass is 9.83. The molecule has 6 nitrogen and oxygen atoms in total. The lowest BCUT2D eigenvalue weighted by Crippen LogP contribution is -2.48. The van der Waals surface area contributed by atoms with Crippen LogP contribution in [0.1, 0.15) is 52.5 Å². The van der Waals surface area contributed by atoms with Crippen LogP contribution in [0.25, 0.3) is 10.9 Å². The molecule has 3 rings (SSSR count). The van der Waals surface area contributed by atoms with Gasteiger partial charge in [-0.15, -0.1) is 0 Å². The summed E-state index contributed by atoms with van der Waals surface area (Å²) in [6, 6.07) is 8.13. The number of fused-ring (bicyclic) bond motifs is 1. The molecule has 28 heavy (non-hydrogen) atoms. The lowest BCUT2D eigenvalue weighted by Gasteiger charge is -2.39. The van der Waals surface area contributed by atoms with Crippen molar-refractivity contribution in [3.05, 3.63) is 36.0 Å². The predicted octanol–water partition coefficient (Wildman–Crippen LogP) is 4.23. The first-order valence-corrected chi connectivity index (χ1v) is 9.97. The summed E-state index contributed by atoms with van der Waals surface area (Å²) >= 11 is 0. The number of amides is 2. The van der Waals surface area contributed by atoms with Gasteiger partial charge in [-0.05, 0) is 36.3 Å². The molecule has 0 aliphatic heterocycles. The molecule has 0 saturated heterocycles. The fraction of sp³-hybridized carbons (Fsp3) is 0.545. The number of nitrogens with zero attached hydrogens (tertiary/aromatic N) is 2. The van der Waals surface area contributed by atoms with Gasteiger partial charge in [0, 0.05) is 37.1 Å². The van der Waals surface area contributed by atoms with Crippen molar-refractivity contribution in [2.45, 2.75) is 65.6 Å². The predicted molar refractivity (Wildman–Crippen MR) is 110 cm³/mol. The van der Waals surface area contributed by atoms with Crippen LogP contribution in [0, 0.1) is 5.41 Å². The zero-order chi connectivity index (χ0) is 20.5. The summed E-state index contributed by atoms with van der Waals surface area (Å²) in [6.45, 7) is 9.70. The SMILES string of the molecule is CC(=O)NCCCn1cc(CN(C(=O)O)C2(C(C)(C)C)CC2)c2ccccc21. The zero-order valence-corrected chi connectivity index (χ0v) is 17.3. The molecule has 0 bridgehead atoms. The van der Waals surface area contributed by atoms with Crippen molar-refractivity contribution in [3.63, 3.8) is 0 Å². The first kappa shape index (κ1) is 20.2. The molecule has 1 aromatic carbocycles. The molecule has 0 atom stereocenters. The molecule has 1 fully saturated rings. The van der Waals surface area contributed by atoms with Gasteiger partial charge in [-0.1, -0.05) is 39.0 Å². The third-order valence-corrected chi connectivity index (χ3v) is 6.02. The summed E-state index contributed by atoms with van der Waals surface area (Å²) in [6.07, 6.45) is 3.88. The van der Waals surface area contributed by atoms with Crippen LogP contribution in [0.4, 0.5) is 4.79 Å². The van der Waals surface area contributed by atoms with Crippen molar-refractivity contribution in [1.82, 2.24) is 14.8 Å². The zero-order valence-electron chi connectivity index (χ0n) is 17.3. The maximum Gasteiger partial charge on any atom is 0.408 e.